The molecule has 1 N–H and O–H groups in total. The molecule has 0 aromatic carbocycles. The minimum Gasteiger partial charge on any atom is -0.375 e. The molecule has 0 bridgehead atoms. The third-order valence-electron chi connectivity index (χ3n) is 3.46. The Morgan fingerprint density at radius 3 is 3.00 bits per heavy atom. The molecule has 19 heavy (non-hydrogen) atoms. The fraction of sp³-hybridized carbons (Fsp3) is 0.714. The standard InChI is InChI=1S/C14H24N4O/c1-4-13-10-19-11(3)9-18(13)14-8-16-7-12(17-14)6-15-5-2/h7-8,11,13,15H,4-6,9-10H2,1-3H3. The first-order chi connectivity index (χ1) is 9.24. The van der Waals surface area contributed by atoms with Crippen LogP contribution in [0.2, 0.25) is 0 Å². The van der Waals surface area contributed by atoms with Crippen molar-refractivity contribution in [3.05, 3.63) is 18.1 Å². The number of aromatic nitrogens is 2. The van der Waals surface area contributed by atoms with E-state index in [1.807, 2.05) is 12.4 Å². The number of nitrogens with one attached hydrogen (secondary N) is 1. The van der Waals surface area contributed by atoms with Gasteiger partial charge in [0.15, 0.2) is 0 Å². The molecule has 0 radical (unpaired) electrons. The monoisotopic (exact) mass is 264 g/mol. The first-order valence-electron chi connectivity index (χ1n) is 7.14. The fourth-order valence-corrected chi connectivity index (χ4v) is 2.33. The molecule has 1 saturated heterocycles. The Bertz CT molecular complexity index is 399. The molecule has 0 spiro atoms. The first kappa shape index (κ1) is 14.2. The maximum Gasteiger partial charge on any atom is 0.147 e. The quantitative estimate of drug-likeness (QED) is 0.875. The lowest BCUT2D eigenvalue weighted by molar-refractivity contribution is 0.0296. The van der Waals surface area contributed by atoms with E-state index in [1.54, 1.807) is 0 Å². The van der Waals surface area contributed by atoms with E-state index in [1.165, 1.54) is 0 Å². The van der Waals surface area contributed by atoms with Crippen LogP contribution in [0.4, 0.5) is 5.82 Å². The zero-order chi connectivity index (χ0) is 13.7. The Labute approximate surface area is 115 Å². The number of hydrogen-bond acceptors (Lipinski definition) is 5. The van der Waals surface area contributed by atoms with Gasteiger partial charge in [0.05, 0.1) is 30.6 Å². The highest BCUT2D eigenvalue weighted by Gasteiger charge is 2.26. The maximum absolute atomic E-state index is 5.73. The van der Waals surface area contributed by atoms with Gasteiger partial charge in [0.2, 0.25) is 0 Å². The lowest BCUT2D eigenvalue weighted by atomic mass is 10.1. The average Bonchev–Trinajstić information content (AvgIpc) is 2.45. The van der Waals surface area contributed by atoms with E-state index in [0.29, 0.717) is 6.04 Å². The molecule has 1 aromatic rings. The van der Waals surface area contributed by atoms with Crippen LogP contribution in [0.1, 0.15) is 32.9 Å². The zero-order valence-corrected chi connectivity index (χ0v) is 12.1. The van der Waals surface area contributed by atoms with Gasteiger partial charge >= 0.3 is 0 Å². The number of morpholine rings is 1. The number of nitrogens with zero attached hydrogens (tertiary/aromatic N) is 3. The lowest BCUT2D eigenvalue weighted by Gasteiger charge is -2.39. The Morgan fingerprint density at radius 1 is 1.42 bits per heavy atom. The molecule has 0 saturated carbocycles. The summed E-state index contributed by atoms with van der Waals surface area (Å²) in [5.74, 6) is 0.970. The van der Waals surface area contributed by atoms with Crippen LogP contribution < -0.4 is 10.2 Å². The van der Waals surface area contributed by atoms with Gasteiger partial charge in [0.25, 0.3) is 0 Å². The van der Waals surface area contributed by atoms with Crippen molar-refractivity contribution < 1.29 is 4.74 Å². The number of anilines is 1. The van der Waals surface area contributed by atoms with Crippen LogP contribution in [0.3, 0.4) is 0 Å². The van der Waals surface area contributed by atoms with Crippen LogP contribution in [0.5, 0.6) is 0 Å². The Morgan fingerprint density at radius 2 is 2.26 bits per heavy atom. The highest BCUT2D eigenvalue weighted by Crippen LogP contribution is 2.21. The molecule has 5 nitrogen and oxygen atoms in total. The molecule has 1 aliphatic heterocycles. The van der Waals surface area contributed by atoms with Gasteiger partial charge in [-0.15, -0.1) is 0 Å². The highest BCUT2D eigenvalue weighted by molar-refractivity contribution is 5.38. The van der Waals surface area contributed by atoms with Crippen molar-refractivity contribution in [2.45, 2.75) is 45.9 Å². The van der Waals surface area contributed by atoms with Gasteiger partial charge in [0, 0.05) is 19.3 Å². The molecular weight excluding hydrogens is 240 g/mol. The third kappa shape index (κ3) is 3.64. The normalized spacial score (nSPS) is 23.6. The first-order valence-corrected chi connectivity index (χ1v) is 7.14. The van der Waals surface area contributed by atoms with Crippen molar-refractivity contribution in [1.29, 1.82) is 0 Å². The predicted molar refractivity (Wildman–Crippen MR) is 76.3 cm³/mol. The van der Waals surface area contributed by atoms with Gasteiger partial charge in [-0.1, -0.05) is 13.8 Å². The summed E-state index contributed by atoms with van der Waals surface area (Å²) < 4.78 is 5.73. The van der Waals surface area contributed by atoms with E-state index in [4.69, 9.17) is 9.72 Å². The van der Waals surface area contributed by atoms with Crippen LogP contribution in [0.25, 0.3) is 0 Å². The molecule has 1 aliphatic rings. The van der Waals surface area contributed by atoms with Gasteiger partial charge in [-0.2, -0.15) is 0 Å². The smallest absolute Gasteiger partial charge is 0.147 e. The summed E-state index contributed by atoms with van der Waals surface area (Å²) in [5, 5.41) is 3.28. The largest absolute Gasteiger partial charge is 0.375 e. The van der Waals surface area contributed by atoms with Crippen molar-refractivity contribution >= 4 is 5.82 Å². The average molecular weight is 264 g/mol. The molecule has 2 rings (SSSR count). The van der Waals surface area contributed by atoms with Crippen molar-refractivity contribution in [3.63, 3.8) is 0 Å². The number of rotatable bonds is 5. The van der Waals surface area contributed by atoms with Gasteiger partial charge in [0.1, 0.15) is 5.82 Å². The SMILES string of the molecule is CCNCc1cncc(N2CC(C)OCC2CC)n1. The van der Waals surface area contributed by atoms with E-state index >= 15 is 0 Å². The number of hydrogen-bond donors (Lipinski definition) is 1. The zero-order valence-electron chi connectivity index (χ0n) is 12.1. The molecule has 1 fully saturated rings. The second-order valence-electron chi connectivity index (χ2n) is 5.01. The van der Waals surface area contributed by atoms with Crippen molar-refractivity contribution in [1.82, 2.24) is 15.3 Å². The van der Waals surface area contributed by atoms with E-state index in [2.05, 4.69) is 36.0 Å². The Kier molecular flexibility index (Phi) is 5.10. The molecule has 106 valence electrons. The van der Waals surface area contributed by atoms with Crippen LogP contribution in [-0.2, 0) is 11.3 Å². The van der Waals surface area contributed by atoms with Gasteiger partial charge in [-0.3, -0.25) is 4.98 Å². The lowest BCUT2D eigenvalue weighted by Crippen LogP contribution is -2.49. The summed E-state index contributed by atoms with van der Waals surface area (Å²) >= 11 is 0. The second-order valence-corrected chi connectivity index (χ2v) is 5.01. The molecule has 2 unspecified atom stereocenters. The minimum atomic E-state index is 0.252. The third-order valence-corrected chi connectivity index (χ3v) is 3.46. The summed E-state index contributed by atoms with van der Waals surface area (Å²) in [7, 11) is 0. The maximum atomic E-state index is 5.73. The summed E-state index contributed by atoms with van der Waals surface area (Å²) in [5.41, 5.74) is 0.994. The minimum absolute atomic E-state index is 0.252. The fourth-order valence-electron chi connectivity index (χ4n) is 2.33. The van der Waals surface area contributed by atoms with Gasteiger partial charge < -0.3 is 15.0 Å². The van der Waals surface area contributed by atoms with Crippen LogP contribution in [0.15, 0.2) is 12.4 Å². The highest BCUT2D eigenvalue weighted by atomic mass is 16.5. The van der Waals surface area contributed by atoms with Crippen LogP contribution >= 0.6 is 0 Å². The van der Waals surface area contributed by atoms with E-state index < -0.39 is 0 Å². The van der Waals surface area contributed by atoms with Gasteiger partial charge in [-0.25, -0.2) is 4.98 Å². The van der Waals surface area contributed by atoms with Crippen molar-refractivity contribution in [2.24, 2.45) is 0 Å². The van der Waals surface area contributed by atoms with E-state index in [9.17, 15) is 0 Å². The van der Waals surface area contributed by atoms with Crippen LogP contribution in [-0.4, -0.2) is 41.8 Å². The van der Waals surface area contributed by atoms with E-state index in [0.717, 1.165) is 44.2 Å². The van der Waals surface area contributed by atoms with Crippen molar-refractivity contribution in [3.8, 4) is 0 Å². The summed E-state index contributed by atoms with van der Waals surface area (Å²) in [6.45, 7) is 9.76. The van der Waals surface area contributed by atoms with E-state index in [-0.39, 0.29) is 6.10 Å². The predicted octanol–water partition coefficient (Wildman–Crippen LogP) is 1.59. The summed E-state index contributed by atoms with van der Waals surface area (Å²) in [6, 6.07) is 0.403. The molecule has 0 amide bonds. The molecule has 2 heterocycles. The molecule has 2 atom stereocenters. The summed E-state index contributed by atoms with van der Waals surface area (Å²) in [6.07, 6.45) is 5.00. The molecular formula is C14H24N4O. The molecule has 1 aromatic heterocycles. The molecule has 0 aliphatic carbocycles. The molecule has 5 heteroatoms. The topological polar surface area (TPSA) is 50.3 Å². The Balaban J connectivity index is 2.13. The Hall–Kier alpha value is -1.20. The van der Waals surface area contributed by atoms with Crippen LogP contribution in [0, 0.1) is 0 Å². The summed E-state index contributed by atoms with van der Waals surface area (Å²) in [4.78, 5) is 11.4. The van der Waals surface area contributed by atoms with Crippen molar-refractivity contribution in [2.75, 3.05) is 24.6 Å². The second kappa shape index (κ2) is 6.82. The van der Waals surface area contributed by atoms with Gasteiger partial charge in [-0.05, 0) is 19.9 Å². The number of ether oxygens (including phenoxy) is 1.